The van der Waals surface area contributed by atoms with E-state index in [1.54, 1.807) is 26.4 Å². The Hall–Kier alpha value is -2.57. The highest BCUT2D eigenvalue weighted by atomic mass is 35.5. The lowest BCUT2D eigenvalue weighted by molar-refractivity contribution is 0.0954. The molecule has 5 nitrogen and oxygen atoms in total. The number of amides is 1. The number of thiazole rings is 1. The van der Waals surface area contributed by atoms with Crippen molar-refractivity contribution in [3.63, 3.8) is 0 Å². The largest absolute Gasteiger partial charge is 0.493 e. The van der Waals surface area contributed by atoms with Gasteiger partial charge in [-0.3, -0.25) is 4.79 Å². The fourth-order valence-corrected chi connectivity index (χ4v) is 3.67. The molecular weight excluding hydrogens is 384 g/mol. The van der Waals surface area contributed by atoms with Gasteiger partial charge in [0.05, 0.1) is 19.9 Å². The van der Waals surface area contributed by atoms with E-state index in [1.165, 1.54) is 11.3 Å². The number of rotatable bonds is 6. The van der Waals surface area contributed by atoms with E-state index < -0.39 is 0 Å². The predicted octanol–water partition coefficient (Wildman–Crippen LogP) is 4.72. The van der Waals surface area contributed by atoms with Crippen LogP contribution < -0.4 is 14.8 Å². The second-order valence-corrected chi connectivity index (χ2v) is 7.25. The quantitative estimate of drug-likeness (QED) is 0.648. The molecule has 27 heavy (non-hydrogen) atoms. The summed E-state index contributed by atoms with van der Waals surface area (Å²) in [5.41, 5.74) is 2.55. The van der Waals surface area contributed by atoms with Crippen LogP contribution in [0.25, 0.3) is 10.6 Å². The van der Waals surface area contributed by atoms with Crippen molar-refractivity contribution in [3.05, 3.63) is 63.6 Å². The molecule has 0 fully saturated rings. The van der Waals surface area contributed by atoms with Gasteiger partial charge < -0.3 is 14.8 Å². The maximum atomic E-state index is 12.6. The molecule has 0 aliphatic heterocycles. The van der Waals surface area contributed by atoms with Crippen LogP contribution in [0.4, 0.5) is 0 Å². The van der Waals surface area contributed by atoms with Gasteiger partial charge in [-0.2, -0.15) is 0 Å². The van der Waals surface area contributed by atoms with E-state index in [0.29, 0.717) is 33.6 Å². The molecule has 1 N–H and O–H groups in total. The summed E-state index contributed by atoms with van der Waals surface area (Å²) in [4.78, 5) is 17.7. The van der Waals surface area contributed by atoms with Gasteiger partial charge in [0.1, 0.15) is 9.88 Å². The van der Waals surface area contributed by atoms with Gasteiger partial charge in [0, 0.05) is 17.1 Å². The third-order valence-electron chi connectivity index (χ3n) is 4.00. The Balaban J connectivity index is 1.77. The molecule has 0 saturated carbocycles. The first-order valence-electron chi connectivity index (χ1n) is 8.24. The van der Waals surface area contributed by atoms with Crippen molar-refractivity contribution >= 4 is 28.8 Å². The first-order valence-corrected chi connectivity index (χ1v) is 9.43. The Kier molecular flexibility index (Phi) is 5.98. The zero-order valence-electron chi connectivity index (χ0n) is 15.2. The Labute approximate surface area is 166 Å². The van der Waals surface area contributed by atoms with Crippen molar-refractivity contribution in [1.82, 2.24) is 10.3 Å². The predicted molar refractivity (Wildman–Crippen MR) is 108 cm³/mol. The molecule has 1 amide bonds. The van der Waals surface area contributed by atoms with Gasteiger partial charge in [-0.05, 0) is 42.8 Å². The molecule has 7 heteroatoms. The third kappa shape index (κ3) is 4.40. The second kappa shape index (κ2) is 8.41. The molecule has 1 aromatic heterocycles. The molecule has 0 unspecified atom stereocenters. The van der Waals surface area contributed by atoms with E-state index in [1.807, 2.05) is 37.3 Å². The number of aryl methyl sites for hydroxylation is 1. The number of ether oxygens (including phenoxy) is 2. The lowest BCUT2D eigenvalue weighted by Gasteiger charge is -2.08. The molecule has 140 valence electrons. The van der Waals surface area contributed by atoms with E-state index >= 15 is 0 Å². The van der Waals surface area contributed by atoms with Crippen LogP contribution in [0.1, 0.15) is 20.9 Å². The van der Waals surface area contributed by atoms with Gasteiger partial charge in [0.2, 0.25) is 0 Å². The average Bonchev–Trinajstić information content (AvgIpc) is 3.08. The van der Waals surface area contributed by atoms with Gasteiger partial charge in [-0.15, -0.1) is 11.3 Å². The number of methoxy groups -OCH3 is 2. The van der Waals surface area contributed by atoms with Crippen molar-refractivity contribution in [2.24, 2.45) is 0 Å². The summed E-state index contributed by atoms with van der Waals surface area (Å²) in [6.45, 7) is 2.26. The smallest absolute Gasteiger partial charge is 0.263 e. The number of hydrogen-bond donors (Lipinski definition) is 1. The molecule has 0 bridgehead atoms. The number of carbonyl (C=O) groups is 1. The molecule has 0 saturated heterocycles. The topological polar surface area (TPSA) is 60.5 Å². The van der Waals surface area contributed by atoms with E-state index in [-0.39, 0.29) is 5.91 Å². The van der Waals surface area contributed by atoms with Gasteiger partial charge in [0.25, 0.3) is 5.91 Å². The number of benzene rings is 2. The highest BCUT2D eigenvalue weighted by Gasteiger charge is 2.17. The Morgan fingerprint density at radius 2 is 1.81 bits per heavy atom. The highest BCUT2D eigenvalue weighted by Crippen LogP contribution is 2.35. The number of aromatic nitrogens is 1. The number of carbonyl (C=O) groups excluding carboxylic acids is 1. The van der Waals surface area contributed by atoms with Gasteiger partial charge >= 0.3 is 0 Å². The zero-order valence-corrected chi connectivity index (χ0v) is 16.8. The summed E-state index contributed by atoms with van der Waals surface area (Å²) in [5, 5.41) is 4.35. The van der Waals surface area contributed by atoms with Crippen molar-refractivity contribution in [1.29, 1.82) is 0 Å². The summed E-state index contributed by atoms with van der Waals surface area (Å²) in [5.74, 6) is 1.12. The molecule has 1 heterocycles. The molecule has 0 radical (unpaired) electrons. The highest BCUT2D eigenvalue weighted by molar-refractivity contribution is 7.17. The minimum Gasteiger partial charge on any atom is -0.493 e. The first-order chi connectivity index (χ1) is 13.0. The van der Waals surface area contributed by atoms with E-state index in [4.69, 9.17) is 21.1 Å². The maximum Gasteiger partial charge on any atom is 0.263 e. The third-order valence-corrected chi connectivity index (χ3v) is 5.46. The minimum absolute atomic E-state index is 0.147. The van der Waals surface area contributed by atoms with Crippen LogP contribution in [0.2, 0.25) is 5.02 Å². The first kappa shape index (κ1) is 19.2. The molecular formula is C20H19ClN2O3S. The molecule has 3 aromatic rings. The Morgan fingerprint density at radius 1 is 1.11 bits per heavy atom. The summed E-state index contributed by atoms with van der Waals surface area (Å²) in [7, 11) is 3.18. The summed E-state index contributed by atoms with van der Waals surface area (Å²) < 4.78 is 10.6. The van der Waals surface area contributed by atoms with Crippen LogP contribution in [0.15, 0.2) is 42.5 Å². The molecule has 3 rings (SSSR count). The van der Waals surface area contributed by atoms with Crippen LogP contribution in [-0.2, 0) is 6.54 Å². The Bertz CT molecular complexity index is 954. The monoisotopic (exact) mass is 402 g/mol. The molecule has 0 atom stereocenters. The van der Waals surface area contributed by atoms with Gasteiger partial charge in [0.15, 0.2) is 11.5 Å². The summed E-state index contributed by atoms with van der Waals surface area (Å²) in [6, 6.07) is 13.0. The fourth-order valence-electron chi connectivity index (χ4n) is 2.56. The molecule has 0 spiro atoms. The normalized spacial score (nSPS) is 10.5. The van der Waals surface area contributed by atoms with E-state index in [0.717, 1.165) is 16.1 Å². The van der Waals surface area contributed by atoms with Crippen LogP contribution in [0.3, 0.4) is 0 Å². The zero-order chi connectivity index (χ0) is 19.4. The van der Waals surface area contributed by atoms with Gasteiger partial charge in [-0.25, -0.2) is 4.98 Å². The molecule has 2 aromatic carbocycles. The van der Waals surface area contributed by atoms with E-state index in [2.05, 4.69) is 10.3 Å². The van der Waals surface area contributed by atoms with Crippen molar-refractivity contribution in [2.45, 2.75) is 13.5 Å². The number of nitrogens with zero attached hydrogens (tertiary/aromatic N) is 1. The lowest BCUT2D eigenvalue weighted by Crippen LogP contribution is -2.22. The van der Waals surface area contributed by atoms with Crippen LogP contribution in [-0.4, -0.2) is 25.1 Å². The molecule has 0 aliphatic carbocycles. The standard InChI is InChI=1S/C20H19ClN2O3S/c1-12-18(19(24)22-11-13-4-7-15(21)8-5-13)27-20(23-12)14-6-9-16(25-2)17(10-14)26-3/h4-10H,11H2,1-3H3,(H,22,24). The van der Waals surface area contributed by atoms with Gasteiger partial charge in [-0.1, -0.05) is 23.7 Å². The number of halogens is 1. The minimum atomic E-state index is -0.147. The van der Waals surface area contributed by atoms with Crippen molar-refractivity contribution < 1.29 is 14.3 Å². The van der Waals surface area contributed by atoms with Crippen LogP contribution >= 0.6 is 22.9 Å². The van der Waals surface area contributed by atoms with Crippen molar-refractivity contribution in [2.75, 3.05) is 14.2 Å². The summed E-state index contributed by atoms with van der Waals surface area (Å²) >= 11 is 7.23. The van der Waals surface area contributed by atoms with E-state index in [9.17, 15) is 4.79 Å². The fraction of sp³-hybridized carbons (Fsp3) is 0.200. The summed E-state index contributed by atoms with van der Waals surface area (Å²) in [6.07, 6.45) is 0. The maximum absolute atomic E-state index is 12.6. The lowest BCUT2D eigenvalue weighted by atomic mass is 10.2. The second-order valence-electron chi connectivity index (χ2n) is 5.81. The molecule has 0 aliphatic rings. The SMILES string of the molecule is COc1ccc(-c2nc(C)c(C(=O)NCc3ccc(Cl)cc3)s2)cc1OC. The van der Waals surface area contributed by atoms with Crippen LogP contribution in [0.5, 0.6) is 11.5 Å². The van der Waals surface area contributed by atoms with Crippen LogP contribution in [0, 0.1) is 6.92 Å². The average molecular weight is 403 g/mol. The number of hydrogen-bond acceptors (Lipinski definition) is 5. The Morgan fingerprint density at radius 3 is 2.48 bits per heavy atom. The number of nitrogens with one attached hydrogen (secondary N) is 1. The van der Waals surface area contributed by atoms with Crippen molar-refractivity contribution in [3.8, 4) is 22.1 Å².